The van der Waals surface area contributed by atoms with Crippen LogP contribution in [0.1, 0.15) is 53.4 Å². The van der Waals surface area contributed by atoms with Gasteiger partial charge in [-0.15, -0.1) is 0 Å². The van der Waals surface area contributed by atoms with Crippen LogP contribution in [0.5, 0.6) is 0 Å². The molecule has 2 fully saturated rings. The molecule has 122 valence electrons. The molecule has 2 rings (SSSR count). The number of halogens is 1. The summed E-state index contributed by atoms with van der Waals surface area (Å²) in [5, 5.41) is 20.9. The summed E-state index contributed by atoms with van der Waals surface area (Å²) >= 11 is 2.27. The second kappa shape index (κ2) is 5.62. The molecule has 0 radical (unpaired) electrons. The van der Waals surface area contributed by atoms with Crippen molar-refractivity contribution in [1.82, 2.24) is 0 Å². The molecular formula is C15H25IO5. The molecule has 5 nitrogen and oxygen atoms in total. The van der Waals surface area contributed by atoms with Crippen molar-refractivity contribution in [2.75, 3.05) is 0 Å². The fourth-order valence-corrected chi connectivity index (χ4v) is 4.06. The van der Waals surface area contributed by atoms with Crippen molar-refractivity contribution in [1.29, 1.82) is 0 Å². The highest BCUT2D eigenvalue weighted by molar-refractivity contribution is 14.1. The second-order valence-electron chi connectivity index (χ2n) is 7.45. The van der Waals surface area contributed by atoms with E-state index in [9.17, 15) is 15.0 Å². The Hall–Kier alpha value is 0.0800. The quantitative estimate of drug-likeness (QED) is 0.392. The van der Waals surface area contributed by atoms with Gasteiger partial charge in [0.2, 0.25) is 0 Å². The molecule has 2 bridgehead atoms. The van der Waals surface area contributed by atoms with Gasteiger partial charge >= 0.3 is 5.97 Å². The molecule has 0 amide bonds. The molecule has 0 aromatic heterocycles. The number of fused-ring (bicyclic) bond motifs is 2. The molecule has 2 saturated heterocycles. The number of hydrogen-bond donors (Lipinski definition) is 2. The monoisotopic (exact) mass is 412 g/mol. The number of alkyl halides is 1. The smallest absolute Gasteiger partial charge is 0.314 e. The maximum absolute atomic E-state index is 12.4. The standard InChI is InChI=1S/C15H25IO5/c1-13(2,3)20-12(18)10-7-11(16)14(4)6-5-9(17)8-15(10,19)21-14/h9-11,17,19H,5-8H2,1-4H3/t9-,10-,11-,14-,15+/m0/s1. The molecule has 5 atom stereocenters. The summed E-state index contributed by atoms with van der Waals surface area (Å²) < 4.78 is 11.4. The molecule has 0 aromatic rings. The predicted molar refractivity (Wildman–Crippen MR) is 86.1 cm³/mol. The van der Waals surface area contributed by atoms with E-state index in [-0.39, 0.29) is 10.3 Å². The van der Waals surface area contributed by atoms with Gasteiger partial charge in [0.15, 0.2) is 5.79 Å². The van der Waals surface area contributed by atoms with E-state index in [4.69, 9.17) is 9.47 Å². The molecule has 0 spiro atoms. The third-order valence-electron chi connectivity index (χ3n) is 4.25. The molecule has 2 aliphatic rings. The fourth-order valence-electron chi connectivity index (χ4n) is 3.12. The third kappa shape index (κ3) is 3.71. The van der Waals surface area contributed by atoms with Gasteiger partial charge in [-0.1, -0.05) is 22.6 Å². The Morgan fingerprint density at radius 3 is 2.62 bits per heavy atom. The minimum Gasteiger partial charge on any atom is -0.460 e. The highest BCUT2D eigenvalue weighted by Gasteiger charge is 2.58. The number of rotatable bonds is 1. The van der Waals surface area contributed by atoms with Gasteiger partial charge in [0, 0.05) is 10.3 Å². The number of ether oxygens (including phenoxy) is 2. The molecule has 2 aliphatic heterocycles. The third-order valence-corrected chi connectivity index (χ3v) is 6.08. The van der Waals surface area contributed by atoms with E-state index < -0.39 is 35.0 Å². The van der Waals surface area contributed by atoms with Gasteiger partial charge in [-0.3, -0.25) is 4.79 Å². The van der Waals surface area contributed by atoms with Crippen LogP contribution in [0, 0.1) is 5.92 Å². The highest BCUT2D eigenvalue weighted by atomic mass is 127. The molecule has 0 saturated carbocycles. The first-order valence-electron chi connectivity index (χ1n) is 7.43. The van der Waals surface area contributed by atoms with Crippen molar-refractivity contribution in [3.05, 3.63) is 0 Å². The number of carbonyl (C=O) groups is 1. The number of carbonyl (C=O) groups excluding carboxylic acids is 1. The normalized spacial score (nSPS) is 44.0. The van der Waals surface area contributed by atoms with Gasteiger partial charge in [-0.05, 0) is 47.0 Å². The predicted octanol–water partition coefficient (Wildman–Crippen LogP) is 2.16. The largest absolute Gasteiger partial charge is 0.460 e. The van der Waals surface area contributed by atoms with Gasteiger partial charge in [-0.25, -0.2) is 0 Å². The summed E-state index contributed by atoms with van der Waals surface area (Å²) in [6.45, 7) is 7.34. The lowest BCUT2D eigenvalue weighted by molar-refractivity contribution is -0.308. The maximum Gasteiger partial charge on any atom is 0.314 e. The van der Waals surface area contributed by atoms with Gasteiger partial charge in [-0.2, -0.15) is 0 Å². The second-order valence-corrected chi connectivity index (χ2v) is 8.95. The van der Waals surface area contributed by atoms with Crippen LogP contribution in [0.4, 0.5) is 0 Å². The van der Waals surface area contributed by atoms with Crippen molar-refractivity contribution in [2.45, 2.75) is 80.4 Å². The zero-order chi connectivity index (χ0) is 16.1. The van der Waals surface area contributed by atoms with Crippen LogP contribution in [0.2, 0.25) is 0 Å². The number of aliphatic hydroxyl groups is 2. The SMILES string of the molecule is CC(C)(C)OC(=O)[C@@H]1C[C@H](I)[C@]2(C)CC[C@H](O)C[C@@]1(O)O2. The molecule has 0 unspecified atom stereocenters. The van der Waals surface area contributed by atoms with E-state index in [1.807, 2.05) is 6.92 Å². The lowest BCUT2D eigenvalue weighted by atomic mass is 9.82. The van der Waals surface area contributed by atoms with Gasteiger partial charge in [0.25, 0.3) is 0 Å². The summed E-state index contributed by atoms with van der Waals surface area (Å²) in [5.74, 6) is -2.86. The van der Waals surface area contributed by atoms with Crippen LogP contribution < -0.4 is 0 Å². The Morgan fingerprint density at radius 1 is 1.43 bits per heavy atom. The summed E-state index contributed by atoms with van der Waals surface area (Å²) in [4.78, 5) is 12.4. The first kappa shape index (κ1) is 17.4. The van der Waals surface area contributed by atoms with Crippen molar-refractivity contribution < 1.29 is 24.5 Å². The van der Waals surface area contributed by atoms with Crippen molar-refractivity contribution in [3.63, 3.8) is 0 Å². The molecule has 2 heterocycles. The molecular weight excluding hydrogens is 387 g/mol. The van der Waals surface area contributed by atoms with Crippen LogP contribution in [-0.2, 0) is 14.3 Å². The van der Waals surface area contributed by atoms with Crippen molar-refractivity contribution in [3.8, 4) is 0 Å². The van der Waals surface area contributed by atoms with Crippen LogP contribution in [0.25, 0.3) is 0 Å². The maximum atomic E-state index is 12.4. The minimum atomic E-state index is -1.64. The van der Waals surface area contributed by atoms with E-state index in [0.717, 1.165) is 0 Å². The lowest BCUT2D eigenvalue weighted by Gasteiger charge is -2.49. The van der Waals surface area contributed by atoms with Crippen LogP contribution in [-0.4, -0.2) is 43.2 Å². The Balaban J connectivity index is 2.28. The first-order chi connectivity index (χ1) is 9.45. The number of hydrogen-bond acceptors (Lipinski definition) is 5. The van der Waals surface area contributed by atoms with Crippen LogP contribution >= 0.6 is 22.6 Å². The Labute approximate surface area is 139 Å². The van der Waals surface area contributed by atoms with E-state index in [2.05, 4.69) is 22.6 Å². The Morgan fingerprint density at radius 2 is 2.05 bits per heavy atom. The number of esters is 1. The summed E-state index contributed by atoms with van der Waals surface area (Å²) in [5.41, 5.74) is -1.14. The average Bonchev–Trinajstić information content (AvgIpc) is 2.38. The zero-order valence-electron chi connectivity index (χ0n) is 13.1. The Kier molecular flexibility index (Phi) is 4.66. The van der Waals surface area contributed by atoms with Gasteiger partial charge in [0.1, 0.15) is 11.5 Å². The van der Waals surface area contributed by atoms with Gasteiger partial charge in [0.05, 0.1) is 11.7 Å². The molecule has 21 heavy (non-hydrogen) atoms. The van der Waals surface area contributed by atoms with E-state index in [1.54, 1.807) is 20.8 Å². The summed E-state index contributed by atoms with van der Waals surface area (Å²) in [7, 11) is 0. The summed E-state index contributed by atoms with van der Waals surface area (Å²) in [6.07, 6.45) is 1.12. The van der Waals surface area contributed by atoms with E-state index in [1.165, 1.54) is 0 Å². The molecule has 6 heteroatoms. The lowest BCUT2D eigenvalue weighted by Crippen LogP contribution is -2.59. The summed E-state index contributed by atoms with van der Waals surface area (Å²) in [6, 6.07) is 0. The average molecular weight is 412 g/mol. The van der Waals surface area contributed by atoms with E-state index in [0.29, 0.717) is 19.3 Å². The molecule has 2 N–H and O–H groups in total. The van der Waals surface area contributed by atoms with Crippen molar-refractivity contribution >= 4 is 28.6 Å². The van der Waals surface area contributed by atoms with Gasteiger partial charge < -0.3 is 19.7 Å². The van der Waals surface area contributed by atoms with Crippen LogP contribution in [0.3, 0.4) is 0 Å². The Bertz CT molecular complexity index is 421. The zero-order valence-corrected chi connectivity index (χ0v) is 15.2. The molecule has 0 aliphatic carbocycles. The fraction of sp³-hybridized carbons (Fsp3) is 0.933. The number of aliphatic hydroxyl groups excluding tert-OH is 1. The minimum absolute atomic E-state index is 0.0514. The van der Waals surface area contributed by atoms with E-state index >= 15 is 0 Å². The van der Waals surface area contributed by atoms with Crippen molar-refractivity contribution in [2.24, 2.45) is 5.92 Å². The first-order valence-corrected chi connectivity index (χ1v) is 8.67. The van der Waals surface area contributed by atoms with Crippen LogP contribution in [0.15, 0.2) is 0 Å². The molecule has 0 aromatic carbocycles. The highest BCUT2D eigenvalue weighted by Crippen LogP contribution is 2.49. The topological polar surface area (TPSA) is 76.0 Å².